The number of pyridine rings is 1. The first-order valence-corrected chi connectivity index (χ1v) is 6.00. The van der Waals surface area contributed by atoms with E-state index in [0.29, 0.717) is 6.54 Å². The van der Waals surface area contributed by atoms with Crippen molar-refractivity contribution in [3.05, 3.63) is 42.1 Å². The lowest BCUT2D eigenvalue weighted by Crippen LogP contribution is -2.26. The molecule has 0 aliphatic heterocycles. The summed E-state index contributed by atoms with van der Waals surface area (Å²) in [4.78, 5) is 15.4. The molecule has 0 aliphatic carbocycles. The molecule has 1 aromatic carbocycles. The zero-order chi connectivity index (χ0) is 12.1. The van der Waals surface area contributed by atoms with Crippen LogP contribution in [0.5, 0.6) is 0 Å². The second-order valence-electron chi connectivity index (χ2n) is 3.73. The van der Waals surface area contributed by atoms with Gasteiger partial charge in [0, 0.05) is 18.1 Å². The van der Waals surface area contributed by atoms with Crippen molar-refractivity contribution in [3.63, 3.8) is 0 Å². The molecule has 0 saturated heterocycles. The molecule has 1 N–H and O–H groups in total. The molecule has 0 aliphatic rings. The molecule has 2 rings (SSSR count). The molecule has 0 unspecified atom stereocenters. The maximum atomic E-state index is 11.0. The van der Waals surface area contributed by atoms with Gasteiger partial charge in [-0.1, -0.05) is 24.3 Å². The van der Waals surface area contributed by atoms with Crippen molar-refractivity contribution in [2.75, 3.05) is 12.4 Å². The number of fused-ring (bicyclic) bond motifs is 1. The fourth-order valence-corrected chi connectivity index (χ4v) is 1.85. The van der Waals surface area contributed by atoms with E-state index in [-0.39, 0.29) is 11.8 Å². The highest BCUT2D eigenvalue weighted by Crippen LogP contribution is 2.15. The highest BCUT2D eigenvalue weighted by molar-refractivity contribution is 6.27. The van der Waals surface area contributed by atoms with Crippen LogP contribution in [0.25, 0.3) is 10.9 Å². The first-order valence-electron chi connectivity index (χ1n) is 5.46. The van der Waals surface area contributed by atoms with E-state index in [9.17, 15) is 4.79 Å². The molecule has 1 heterocycles. The van der Waals surface area contributed by atoms with Crippen LogP contribution in [0.3, 0.4) is 0 Å². The van der Waals surface area contributed by atoms with E-state index in [1.54, 1.807) is 6.20 Å². The molecule has 17 heavy (non-hydrogen) atoms. The third kappa shape index (κ3) is 2.94. The quantitative estimate of drug-likeness (QED) is 0.843. The van der Waals surface area contributed by atoms with E-state index >= 15 is 0 Å². The molecule has 4 heteroatoms. The molecule has 0 bridgehead atoms. The fourth-order valence-electron chi connectivity index (χ4n) is 1.75. The lowest BCUT2D eigenvalue weighted by Gasteiger charge is -2.06. The van der Waals surface area contributed by atoms with E-state index in [2.05, 4.69) is 10.3 Å². The van der Waals surface area contributed by atoms with Gasteiger partial charge in [-0.05, 0) is 18.1 Å². The van der Waals surface area contributed by atoms with Gasteiger partial charge in [-0.25, -0.2) is 0 Å². The zero-order valence-corrected chi connectivity index (χ0v) is 10.1. The Bertz CT molecular complexity index is 522. The summed E-state index contributed by atoms with van der Waals surface area (Å²) in [7, 11) is 0. The Morgan fingerprint density at radius 2 is 2.12 bits per heavy atom. The predicted octanol–water partition coefficient (Wildman–Crippen LogP) is 2.13. The number of alkyl halides is 1. The van der Waals surface area contributed by atoms with Crippen LogP contribution in [0.2, 0.25) is 0 Å². The van der Waals surface area contributed by atoms with Crippen LogP contribution < -0.4 is 5.32 Å². The van der Waals surface area contributed by atoms with E-state index in [1.807, 2.05) is 30.3 Å². The first-order chi connectivity index (χ1) is 8.31. The van der Waals surface area contributed by atoms with Gasteiger partial charge in [0.15, 0.2) is 0 Å². The number of nitrogens with zero attached hydrogens (tertiary/aromatic N) is 1. The molecular formula is C13H13ClN2O. The van der Waals surface area contributed by atoms with Crippen molar-refractivity contribution in [2.45, 2.75) is 6.42 Å². The SMILES string of the molecule is O=C(CCl)NCCc1cccc2cccnc12. The minimum atomic E-state index is -0.139. The van der Waals surface area contributed by atoms with Gasteiger partial charge in [-0.3, -0.25) is 9.78 Å². The molecular weight excluding hydrogens is 236 g/mol. The standard InChI is InChI=1S/C13H13ClN2O/c14-9-12(17)15-8-6-11-4-1-3-10-5-2-7-16-13(10)11/h1-5,7H,6,8-9H2,(H,15,17). The van der Waals surface area contributed by atoms with Crippen LogP contribution in [0, 0.1) is 0 Å². The summed E-state index contributed by atoms with van der Waals surface area (Å²) in [6.07, 6.45) is 2.54. The number of benzene rings is 1. The summed E-state index contributed by atoms with van der Waals surface area (Å²) in [5.41, 5.74) is 2.13. The lowest BCUT2D eigenvalue weighted by molar-refractivity contribution is -0.118. The number of carbonyl (C=O) groups excluding carboxylic acids is 1. The monoisotopic (exact) mass is 248 g/mol. The number of nitrogens with one attached hydrogen (secondary N) is 1. The molecule has 2 aromatic rings. The predicted molar refractivity (Wildman–Crippen MR) is 69.2 cm³/mol. The topological polar surface area (TPSA) is 42.0 Å². The van der Waals surface area contributed by atoms with Crippen LogP contribution >= 0.6 is 11.6 Å². The maximum Gasteiger partial charge on any atom is 0.234 e. The fraction of sp³-hybridized carbons (Fsp3) is 0.231. The Morgan fingerprint density at radius 1 is 1.29 bits per heavy atom. The highest BCUT2D eigenvalue weighted by Gasteiger charge is 2.02. The number of aromatic nitrogens is 1. The average molecular weight is 249 g/mol. The Morgan fingerprint density at radius 3 is 2.94 bits per heavy atom. The number of halogens is 1. The van der Waals surface area contributed by atoms with Gasteiger partial charge in [0.25, 0.3) is 0 Å². The molecule has 0 fully saturated rings. The van der Waals surface area contributed by atoms with Gasteiger partial charge < -0.3 is 5.32 Å². The number of hydrogen-bond donors (Lipinski definition) is 1. The first kappa shape index (κ1) is 11.9. The average Bonchev–Trinajstić information content (AvgIpc) is 2.39. The number of rotatable bonds is 4. The van der Waals surface area contributed by atoms with Gasteiger partial charge in [0.2, 0.25) is 5.91 Å². The van der Waals surface area contributed by atoms with Gasteiger partial charge in [-0.15, -0.1) is 11.6 Å². The minimum absolute atomic E-state index is 0.00773. The van der Waals surface area contributed by atoms with Crippen molar-refractivity contribution < 1.29 is 4.79 Å². The summed E-state index contributed by atoms with van der Waals surface area (Å²) in [5.74, 6) is -0.131. The minimum Gasteiger partial charge on any atom is -0.355 e. The third-order valence-electron chi connectivity index (χ3n) is 2.55. The van der Waals surface area contributed by atoms with E-state index in [0.717, 1.165) is 22.9 Å². The third-order valence-corrected chi connectivity index (χ3v) is 2.80. The molecule has 1 amide bonds. The second-order valence-corrected chi connectivity index (χ2v) is 3.99. The van der Waals surface area contributed by atoms with Gasteiger partial charge in [0.1, 0.15) is 5.88 Å². The number of carbonyl (C=O) groups is 1. The van der Waals surface area contributed by atoms with Gasteiger partial charge in [0.05, 0.1) is 5.52 Å². The largest absolute Gasteiger partial charge is 0.355 e. The van der Waals surface area contributed by atoms with Gasteiger partial charge in [-0.2, -0.15) is 0 Å². The van der Waals surface area contributed by atoms with Crippen molar-refractivity contribution in [1.82, 2.24) is 10.3 Å². The number of para-hydroxylation sites is 1. The van der Waals surface area contributed by atoms with Crippen molar-refractivity contribution in [1.29, 1.82) is 0 Å². The molecule has 0 radical (unpaired) electrons. The van der Waals surface area contributed by atoms with Crippen LogP contribution in [-0.2, 0) is 11.2 Å². The summed E-state index contributed by atoms with van der Waals surface area (Å²) in [6, 6.07) is 10.0. The van der Waals surface area contributed by atoms with E-state index in [1.165, 1.54) is 0 Å². The Hall–Kier alpha value is -1.61. The van der Waals surface area contributed by atoms with E-state index in [4.69, 9.17) is 11.6 Å². The van der Waals surface area contributed by atoms with Crippen molar-refractivity contribution in [2.24, 2.45) is 0 Å². The van der Waals surface area contributed by atoms with Crippen LogP contribution in [0.4, 0.5) is 0 Å². The molecule has 0 atom stereocenters. The summed E-state index contributed by atoms with van der Waals surface area (Å²) >= 11 is 5.40. The Balaban J connectivity index is 2.11. The molecule has 3 nitrogen and oxygen atoms in total. The Kier molecular flexibility index (Phi) is 3.94. The molecule has 0 spiro atoms. The second kappa shape index (κ2) is 5.64. The van der Waals surface area contributed by atoms with Crippen molar-refractivity contribution in [3.8, 4) is 0 Å². The maximum absolute atomic E-state index is 11.0. The normalized spacial score (nSPS) is 10.4. The van der Waals surface area contributed by atoms with Crippen molar-refractivity contribution >= 4 is 28.4 Å². The molecule has 0 saturated carbocycles. The summed E-state index contributed by atoms with van der Waals surface area (Å²) < 4.78 is 0. The summed E-state index contributed by atoms with van der Waals surface area (Å²) in [6.45, 7) is 0.585. The lowest BCUT2D eigenvalue weighted by atomic mass is 10.1. The summed E-state index contributed by atoms with van der Waals surface area (Å²) in [5, 5.41) is 3.87. The smallest absolute Gasteiger partial charge is 0.234 e. The number of hydrogen-bond acceptors (Lipinski definition) is 2. The van der Waals surface area contributed by atoms with E-state index < -0.39 is 0 Å². The molecule has 1 aromatic heterocycles. The Labute approximate surface area is 105 Å². The number of amides is 1. The van der Waals surface area contributed by atoms with Crippen LogP contribution in [-0.4, -0.2) is 23.3 Å². The van der Waals surface area contributed by atoms with Crippen LogP contribution in [0.15, 0.2) is 36.5 Å². The van der Waals surface area contributed by atoms with Crippen LogP contribution in [0.1, 0.15) is 5.56 Å². The van der Waals surface area contributed by atoms with Gasteiger partial charge >= 0.3 is 0 Å². The highest BCUT2D eigenvalue weighted by atomic mass is 35.5. The molecule has 88 valence electrons. The zero-order valence-electron chi connectivity index (χ0n) is 9.32.